The number of rotatable bonds is 5. The molecule has 0 saturated carbocycles. The van der Waals surface area contributed by atoms with Gasteiger partial charge >= 0.3 is 5.97 Å². The molecule has 1 amide bonds. The van der Waals surface area contributed by atoms with Crippen LogP contribution >= 0.6 is 0 Å². The highest BCUT2D eigenvalue weighted by atomic mass is 16.4. The van der Waals surface area contributed by atoms with Crippen LogP contribution < -0.4 is 5.32 Å². The Balaban J connectivity index is 2.42. The maximum Gasteiger partial charge on any atom is 0.316 e. The van der Waals surface area contributed by atoms with Gasteiger partial charge in [-0.05, 0) is 38.3 Å². The molecule has 1 aliphatic heterocycles. The van der Waals surface area contributed by atoms with E-state index in [1.807, 2.05) is 0 Å². The standard InChI is InChI=1S/C13H24N2O3/c1-9(2)11(13(17)18)12(16)14-7-10-5-4-6-15(3)8-10/h9-11H,4-8H2,1-3H3,(H,14,16)(H,17,18). The number of hydrogen-bond donors (Lipinski definition) is 2. The molecule has 5 nitrogen and oxygen atoms in total. The van der Waals surface area contributed by atoms with Gasteiger partial charge in [-0.3, -0.25) is 9.59 Å². The van der Waals surface area contributed by atoms with Crippen molar-refractivity contribution in [2.24, 2.45) is 17.8 Å². The lowest BCUT2D eigenvalue weighted by Gasteiger charge is -2.30. The summed E-state index contributed by atoms with van der Waals surface area (Å²) in [6, 6.07) is 0. The van der Waals surface area contributed by atoms with Crippen molar-refractivity contribution in [3.63, 3.8) is 0 Å². The topological polar surface area (TPSA) is 69.6 Å². The van der Waals surface area contributed by atoms with Gasteiger partial charge in [0.2, 0.25) is 5.91 Å². The Bertz CT molecular complexity index is 305. The third kappa shape index (κ3) is 4.29. The van der Waals surface area contributed by atoms with Crippen molar-refractivity contribution in [1.29, 1.82) is 0 Å². The van der Waals surface area contributed by atoms with E-state index in [0.717, 1.165) is 25.9 Å². The number of amides is 1. The lowest BCUT2D eigenvalue weighted by molar-refractivity contribution is -0.148. The Hall–Kier alpha value is -1.10. The summed E-state index contributed by atoms with van der Waals surface area (Å²) in [6.07, 6.45) is 2.24. The van der Waals surface area contributed by atoms with Gasteiger partial charge in [-0.25, -0.2) is 0 Å². The molecule has 1 fully saturated rings. The minimum atomic E-state index is -1.04. The van der Waals surface area contributed by atoms with E-state index in [9.17, 15) is 9.59 Å². The molecule has 0 aromatic heterocycles. The summed E-state index contributed by atoms with van der Waals surface area (Å²) in [5.41, 5.74) is 0. The predicted molar refractivity (Wildman–Crippen MR) is 69.2 cm³/mol. The van der Waals surface area contributed by atoms with Crippen molar-refractivity contribution in [3.05, 3.63) is 0 Å². The highest BCUT2D eigenvalue weighted by molar-refractivity contribution is 5.97. The summed E-state index contributed by atoms with van der Waals surface area (Å²) in [7, 11) is 2.07. The van der Waals surface area contributed by atoms with Crippen LogP contribution in [0.1, 0.15) is 26.7 Å². The van der Waals surface area contributed by atoms with E-state index in [0.29, 0.717) is 12.5 Å². The second-order valence-electron chi connectivity index (χ2n) is 5.58. The summed E-state index contributed by atoms with van der Waals surface area (Å²) < 4.78 is 0. The lowest BCUT2D eigenvalue weighted by Crippen LogP contribution is -2.43. The summed E-state index contributed by atoms with van der Waals surface area (Å²) in [5.74, 6) is -2.08. The van der Waals surface area contributed by atoms with Crippen LogP contribution in [0.3, 0.4) is 0 Å². The summed E-state index contributed by atoms with van der Waals surface area (Å²) in [6.45, 7) is 6.17. The number of piperidine rings is 1. The van der Waals surface area contributed by atoms with E-state index in [1.165, 1.54) is 0 Å². The van der Waals surface area contributed by atoms with Gasteiger partial charge in [0.1, 0.15) is 5.92 Å². The van der Waals surface area contributed by atoms with Gasteiger partial charge < -0.3 is 15.3 Å². The van der Waals surface area contributed by atoms with E-state index in [4.69, 9.17) is 5.11 Å². The van der Waals surface area contributed by atoms with Crippen LogP contribution in [-0.4, -0.2) is 48.6 Å². The number of carbonyl (C=O) groups excluding carboxylic acids is 1. The Kier molecular flexibility index (Phi) is 5.59. The molecule has 2 unspecified atom stereocenters. The summed E-state index contributed by atoms with van der Waals surface area (Å²) in [5, 5.41) is 11.8. The molecule has 1 aliphatic rings. The van der Waals surface area contributed by atoms with Crippen LogP contribution in [-0.2, 0) is 9.59 Å². The zero-order valence-electron chi connectivity index (χ0n) is 11.5. The number of nitrogens with zero attached hydrogens (tertiary/aromatic N) is 1. The third-order valence-corrected chi connectivity index (χ3v) is 3.50. The Morgan fingerprint density at radius 1 is 1.44 bits per heavy atom. The monoisotopic (exact) mass is 256 g/mol. The van der Waals surface area contributed by atoms with Gasteiger partial charge in [-0.2, -0.15) is 0 Å². The van der Waals surface area contributed by atoms with Crippen LogP contribution in [0.25, 0.3) is 0 Å². The first kappa shape index (κ1) is 15.0. The number of carbonyl (C=O) groups is 2. The van der Waals surface area contributed by atoms with Crippen molar-refractivity contribution in [2.75, 3.05) is 26.7 Å². The second kappa shape index (κ2) is 6.73. The number of carboxylic acid groups (broad SMARTS) is 1. The quantitative estimate of drug-likeness (QED) is 0.714. The zero-order chi connectivity index (χ0) is 13.7. The molecule has 104 valence electrons. The van der Waals surface area contributed by atoms with Gasteiger partial charge in [-0.15, -0.1) is 0 Å². The molecule has 0 aromatic rings. The minimum Gasteiger partial charge on any atom is -0.481 e. The molecular weight excluding hydrogens is 232 g/mol. The molecule has 1 rings (SSSR count). The smallest absolute Gasteiger partial charge is 0.316 e. The lowest BCUT2D eigenvalue weighted by atomic mass is 9.94. The summed E-state index contributed by atoms with van der Waals surface area (Å²) >= 11 is 0. The fraction of sp³-hybridized carbons (Fsp3) is 0.846. The fourth-order valence-corrected chi connectivity index (χ4v) is 2.49. The fourth-order valence-electron chi connectivity index (χ4n) is 2.49. The molecule has 5 heteroatoms. The average molecular weight is 256 g/mol. The first-order valence-electron chi connectivity index (χ1n) is 6.61. The number of nitrogens with one attached hydrogen (secondary N) is 1. The largest absolute Gasteiger partial charge is 0.481 e. The first-order valence-corrected chi connectivity index (χ1v) is 6.61. The van der Waals surface area contributed by atoms with Gasteiger partial charge in [0.25, 0.3) is 0 Å². The van der Waals surface area contributed by atoms with Crippen molar-refractivity contribution in [1.82, 2.24) is 10.2 Å². The van der Waals surface area contributed by atoms with E-state index in [2.05, 4.69) is 17.3 Å². The molecule has 0 spiro atoms. The van der Waals surface area contributed by atoms with E-state index in [-0.39, 0.29) is 11.8 Å². The number of aliphatic carboxylic acids is 1. The zero-order valence-corrected chi connectivity index (χ0v) is 11.5. The van der Waals surface area contributed by atoms with Gasteiger partial charge in [0.05, 0.1) is 0 Å². The van der Waals surface area contributed by atoms with Gasteiger partial charge in [0, 0.05) is 13.1 Å². The third-order valence-electron chi connectivity index (χ3n) is 3.50. The highest BCUT2D eigenvalue weighted by Gasteiger charge is 2.30. The maximum atomic E-state index is 11.8. The van der Waals surface area contributed by atoms with Crippen LogP contribution in [0.4, 0.5) is 0 Å². The number of likely N-dealkylation sites (tertiary alicyclic amines) is 1. The van der Waals surface area contributed by atoms with Crippen LogP contribution in [0.2, 0.25) is 0 Å². The van der Waals surface area contributed by atoms with Crippen LogP contribution in [0, 0.1) is 17.8 Å². The number of carboxylic acids is 1. The molecule has 1 heterocycles. The predicted octanol–water partition coefficient (Wildman–Crippen LogP) is 0.801. The van der Waals surface area contributed by atoms with E-state index >= 15 is 0 Å². The number of hydrogen-bond acceptors (Lipinski definition) is 3. The van der Waals surface area contributed by atoms with Crippen LogP contribution in [0.15, 0.2) is 0 Å². The maximum absolute atomic E-state index is 11.8. The van der Waals surface area contributed by atoms with Gasteiger partial charge in [-0.1, -0.05) is 13.8 Å². The Morgan fingerprint density at radius 3 is 2.61 bits per heavy atom. The van der Waals surface area contributed by atoms with E-state index in [1.54, 1.807) is 13.8 Å². The Labute approximate surface area is 109 Å². The normalized spacial score (nSPS) is 22.8. The van der Waals surface area contributed by atoms with Crippen molar-refractivity contribution < 1.29 is 14.7 Å². The SMILES string of the molecule is CC(C)C(C(=O)O)C(=O)NCC1CCCN(C)C1. The molecule has 2 N–H and O–H groups in total. The summed E-state index contributed by atoms with van der Waals surface area (Å²) in [4.78, 5) is 25.1. The van der Waals surface area contributed by atoms with Crippen molar-refractivity contribution in [3.8, 4) is 0 Å². The molecule has 0 radical (unpaired) electrons. The van der Waals surface area contributed by atoms with Crippen molar-refractivity contribution in [2.45, 2.75) is 26.7 Å². The highest BCUT2D eigenvalue weighted by Crippen LogP contribution is 2.15. The molecule has 18 heavy (non-hydrogen) atoms. The molecule has 0 aromatic carbocycles. The van der Waals surface area contributed by atoms with Gasteiger partial charge in [0.15, 0.2) is 0 Å². The molecule has 0 aliphatic carbocycles. The molecule has 0 bridgehead atoms. The van der Waals surface area contributed by atoms with Crippen LogP contribution in [0.5, 0.6) is 0 Å². The molecule has 2 atom stereocenters. The van der Waals surface area contributed by atoms with Crippen molar-refractivity contribution >= 4 is 11.9 Å². The first-order chi connectivity index (χ1) is 8.41. The molecule has 1 saturated heterocycles. The Morgan fingerprint density at radius 2 is 2.11 bits per heavy atom. The van der Waals surface area contributed by atoms with E-state index < -0.39 is 11.9 Å². The second-order valence-corrected chi connectivity index (χ2v) is 5.58. The molecular formula is C13H24N2O3. The minimum absolute atomic E-state index is 0.184. The average Bonchev–Trinajstić information content (AvgIpc) is 2.25.